The molecule has 0 saturated carbocycles. The van der Waals surface area contributed by atoms with Crippen molar-refractivity contribution in [2.75, 3.05) is 0 Å². The molecule has 0 fully saturated rings. The van der Waals surface area contributed by atoms with Crippen molar-refractivity contribution >= 4 is 75.3 Å². The zero-order valence-corrected chi connectivity index (χ0v) is 28.2. The first-order chi connectivity index (χ1) is 25.3. The van der Waals surface area contributed by atoms with Crippen molar-refractivity contribution in [3.63, 3.8) is 0 Å². The molecule has 4 heterocycles. The Hall–Kier alpha value is -6.56. The van der Waals surface area contributed by atoms with Crippen molar-refractivity contribution < 1.29 is 0 Å². The van der Waals surface area contributed by atoms with Gasteiger partial charge >= 0.3 is 0 Å². The summed E-state index contributed by atoms with van der Waals surface area (Å²) in [5.74, 6) is 0.674. The van der Waals surface area contributed by atoms with Crippen LogP contribution in [0.2, 0.25) is 0 Å². The lowest BCUT2D eigenvalue weighted by Crippen LogP contribution is -2.03. The number of rotatable bonds is 4. The summed E-state index contributed by atoms with van der Waals surface area (Å²) < 4.78 is 6.92. The van der Waals surface area contributed by atoms with Crippen LogP contribution >= 0.6 is 11.3 Å². The first kappa shape index (κ1) is 28.3. The van der Waals surface area contributed by atoms with Crippen molar-refractivity contribution in [2.45, 2.75) is 0 Å². The molecule has 0 bridgehead atoms. The summed E-state index contributed by atoms with van der Waals surface area (Å²) in [4.78, 5) is 10.8. The van der Waals surface area contributed by atoms with Gasteiger partial charge in [-0.25, -0.2) is 9.97 Å². The molecule has 4 nitrogen and oxygen atoms in total. The van der Waals surface area contributed by atoms with E-state index in [0.29, 0.717) is 5.95 Å². The number of hydrogen-bond acceptors (Lipinski definition) is 3. The van der Waals surface area contributed by atoms with Crippen LogP contribution < -0.4 is 0 Å². The second kappa shape index (κ2) is 11.0. The lowest BCUT2D eigenvalue weighted by Gasteiger charge is -2.13. The summed E-state index contributed by atoms with van der Waals surface area (Å²) in [5, 5.41) is 6.02. The van der Waals surface area contributed by atoms with Crippen molar-refractivity contribution in [3.05, 3.63) is 170 Å². The van der Waals surface area contributed by atoms with Gasteiger partial charge in [0.2, 0.25) is 5.95 Å². The average molecular weight is 669 g/mol. The summed E-state index contributed by atoms with van der Waals surface area (Å²) in [6.45, 7) is 0. The van der Waals surface area contributed by atoms with Gasteiger partial charge in [-0.3, -0.25) is 4.57 Å². The second-order valence-corrected chi connectivity index (χ2v) is 14.0. The summed E-state index contributed by atoms with van der Waals surface area (Å²) in [7, 11) is 0. The number of para-hydroxylation sites is 3. The van der Waals surface area contributed by atoms with Crippen molar-refractivity contribution in [2.24, 2.45) is 0 Å². The lowest BCUT2D eigenvalue weighted by molar-refractivity contribution is 1.02. The van der Waals surface area contributed by atoms with Crippen LogP contribution in [0.1, 0.15) is 0 Å². The highest BCUT2D eigenvalue weighted by Gasteiger charge is 2.21. The van der Waals surface area contributed by atoms with Gasteiger partial charge in [0.25, 0.3) is 0 Å². The van der Waals surface area contributed by atoms with Crippen LogP contribution in [0.15, 0.2) is 170 Å². The van der Waals surface area contributed by atoms with Crippen LogP contribution in [0.3, 0.4) is 0 Å². The van der Waals surface area contributed by atoms with Gasteiger partial charge in [0.15, 0.2) is 0 Å². The van der Waals surface area contributed by atoms with E-state index in [4.69, 9.17) is 9.97 Å². The fourth-order valence-electron chi connectivity index (χ4n) is 7.96. The second-order valence-electron chi connectivity index (χ2n) is 13.0. The zero-order chi connectivity index (χ0) is 33.5. The molecule has 51 heavy (non-hydrogen) atoms. The van der Waals surface area contributed by atoms with Gasteiger partial charge < -0.3 is 4.57 Å². The minimum Gasteiger partial charge on any atom is -0.309 e. The summed E-state index contributed by atoms with van der Waals surface area (Å²) in [6.07, 6.45) is 0. The van der Waals surface area contributed by atoms with Crippen LogP contribution in [-0.2, 0) is 0 Å². The molecule has 0 spiro atoms. The lowest BCUT2D eigenvalue weighted by atomic mass is 9.99. The fraction of sp³-hybridized carbons (Fsp3) is 0. The topological polar surface area (TPSA) is 35.6 Å². The van der Waals surface area contributed by atoms with E-state index < -0.39 is 0 Å². The smallest absolute Gasteiger partial charge is 0.235 e. The standard InChI is InChI=1S/C46H28N4S/c1-2-14-29(15-3-1)32-22-13-26-40-42(32)35-20-6-10-25-39(35)49(40)31-17-12-16-30(28-31)43-45-44(36-21-7-11-27-41(36)51-45)48-46(47-43)50-37-23-8-4-18-33(37)34-19-5-9-24-38(34)50/h1-28H. The predicted molar refractivity (Wildman–Crippen MR) is 214 cm³/mol. The highest BCUT2D eigenvalue weighted by Crippen LogP contribution is 2.42. The van der Waals surface area contributed by atoms with Crippen LogP contribution in [0, 0.1) is 0 Å². The van der Waals surface area contributed by atoms with E-state index in [1.54, 1.807) is 11.3 Å². The van der Waals surface area contributed by atoms with Gasteiger partial charge in [-0.1, -0.05) is 127 Å². The summed E-state index contributed by atoms with van der Waals surface area (Å²) >= 11 is 1.76. The molecule has 7 aromatic carbocycles. The van der Waals surface area contributed by atoms with Gasteiger partial charge in [-0.2, -0.15) is 0 Å². The van der Waals surface area contributed by atoms with E-state index in [-0.39, 0.29) is 0 Å². The van der Waals surface area contributed by atoms with Crippen molar-refractivity contribution in [1.82, 2.24) is 19.1 Å². The van der Waals surface area contributed by atoms with Crippen LogP contribution in [0.25, 0.3) is 97.9 Å². The molecule has 0 N–H and O–H groups in total. The third-order valence-electron chi connectivity index (χ3n) is 10.1. The Bertz CT molecular complexity index is 3090. The van der Waals surface area contributed by atoms with Gasteiger partial charge in [-0.15, -0.1) is 11.3 Å². The number of fused-ring (bicyclic) bond motifs is 9. The number of aromatic nitrogens is 4. The Morgan fingerprint density at radius 2 is 1.02 bits per heavy atom. The highest BCUT2D eigenvalue weighted by atomic mass is 32.1. The molecular formula is C46H28N4S. The Morgan fingerprint density at radius 3 is 1.78 bits per heavy atom. The number of hydrogen-bond donors (Lipinski definition) is 0. The van der Waals surface area contributed by atoms with E-state index in [9.17, 15) is 0 Å². The molecule has 238 valence electrons. The van der Waals surface area contributed by atoms with E-state index in [1.807, 2.05) is 0 Å². The van der Waals surface area contributed by atoms with E-state index in [2.05, 4.69) is 179 Å². The maximum absolute atomic E-state index is 5.46. The molecule has 0 aliphatic rings. The SMILES string of the molecule is c1ccc(-c2cccc3c2c2ccccc2n3-c2cccc(-c3nc(-n4c5ccccc5c5ccccc54)nc4c3sc3ccccc34)c2)cc1. The molecule has 5 heteroatoms. The molecule has 0 amide bonds. The summed E-state index contributed by atoms with van der Waals surface area (Å²) in [5.41, 5.74) is 11.0. The molecule has 0 radical (unpaired) electrons. The highest BCUT2D eigenvalue weighted by molar-refractivity contribution is 7.26. The fourth-order valence-corrected chi connectivity index (χ4v) is 9.11. The molecular weight excluding hydrogens is 641 g/mol. The van der Waals surface area contributed by atoms with E-state index in [0.717, 1.165) is 43.6 Å². The molecule has 0 aliphatic heterocycles. The van der Waals surface area contributed by atoms with Crippen LogP contribution in [0.4, 0.5) is 0 Å². The van der Waals surface area contributed by atoms with E-state index in [1.165, 1.54) is 48.4 Å². The zero-order valence-electron chi connectivity index (χ0n) is 27.4. The maximum Gasteiger partial charge on any atom is 0.235 e. The minimum atomic E-state index is 0.674. The number of benzene rings is 7. The maximum atomic E-state index is 5.46. The molecule has 4 aromatic heterocycles. The first-order valence-electron chi connectivity index (χ1n) is 17.2. The third kappa shape index (κ3) is 4.19. The quantitative estimate of drug-likeness (QED) is 0.187. The summed E-state index contributed by atoms with van der Waals surface area (Å²) in [6, 6.07) is 60.6. The van der Waals surface area contributed by atoms with Gasteiger partial charge in [0.05, 0.1) is 38.0 Å². The Morgan fingerprint density at radius 1 is 0.431 bits per heavy atom. The molecule has 0 atom stereocenters. The molecule has 0 saturated heterocycles. The monoisotopic (exact) mass is 668 g/mol. The van der Waals surface area contributed by atoms with Crippen molar-refractivity contribution in [3.8, 4) is 34.0 Å². The van der Waals surface area contributed by atoms with Crippen molar-refractivity contribution in [1.29, 1.82) is 0 Å². The third-order valence-corrected chi connectivity index (χ3v) is 11.3. The van der Waals surface area contributed by atoms with Crippen LogP contribution in [0.5, 0.6) is 0 Å². The minimum absolute atomic E-state index is 0.674. The Kier molecular flexibility index (Phi) is 6.09. The first-order valence-corrected chi connectivity index (χ1v) is 18.0. The molecule has 11 aromatic rings. The molecule has 0 unspecified atom stereocenters. The average Bonchev–Trinajstić information content (AvgIpc) is 3.86. The predicted octanol–water partition coefficient (Wildman–Crippen LogP) is 12.4. The largest absolute Gasteiger partial charge is 0.309 e. The molecule has 0 aliphatic carbocycles. The number of thiophene rings is 1. The Balaban J connectivity index is 1.19. The van der Waals surface area contributed by atoms with Gasteiger partial charge in [0, 0.05) is 42.9 Å². The normalized spacial score (nSPS) is 11.9. The molecule has 11 rings (SSSR count). The van der Waals surface area contributed by atoms with Gasteiger partial charge in [0.1, 0.15) is 0 Å². The Labute approximate surface area is 297 Å². The van der Waals surface area contributed by atoms with Gasteiger partial charge in [-0.05, 0) is 53.6 Å². The number of nitrogens with zero attached hydrogens (tertiary/aromatic N) is 4. The van der Waals surface area contributed by atoms with Crippen LogP contribution in [-0.4, -0.2) is 19.1 Å². The van der Waals surface area contributed by atoms with E-state index >= 15 is 0 Å².